The van der Waals surface area contributed by atoms with Gasteiger partial charge >= 0.3 is 5.97 Å². The lowest BCUT2D eigenvalue weighted by Gasteiger charge is -1.94. The van der Waals surface area contributed by atoms with E-state index in [1.165, 1.54) is 17.4 Å². The predicted octanol–water partition coefficient (Wildman–Crippen LogP) is 2.90. The highest BCUT2D eigenvalue weighted by Crippen LogP contribution is 2.28. The minimum Gasteiger partial charge on any atom is -0.478 e. The molecule has 0 aliphatic heterocycles. The molecule has 72 valence electrons. The average molecular weight is 276 g/mol. The van der Waals surface area contributed by atoms with Crippen LogP contribution in [0, 0.1) is 5.82 Å². The molecule has 1 heterocycles. The van der Waals surface area contributed by atoms with Gasteiger partial charge in [0.2, 0.25) is 0 Å². The predicted molar refractivity (Wildman–Crippen MR) is 54.2 cm³/mol. The van der Waals surface area contributed by atoms with Gasteiger partial charge in [-0.2, -0.15) is 0 Å². The third kappa shape index (κ3) is 1.51. The first-order valence-corrected chi connectivity index (χ1v) is 5.18. The Morgan fingerprint density at radius 3 is 2.93 bits per heavy atom. The van der Waals surface area contributed by atoms with Crippen molar-refractivity contribution in [3.05, 3.63) is 27.4 Å². The van der Waals surface area contributed by atoms with Gasteiger partial charge in [0, 0.05) is 0 Å². The van der Waals surface area contributed by atoms with Crippen molar-refractivity contribution in [3.63, 3.8) is 0 Å². The topological polar surface area (TPSA) is 50.2 Å². The van der Waals surface area contributed by atoms with Crippen molar-refractivity contribution in [1.29, 1.82) is 0 Å². The molecule has 2 rings (SSSR count). The van der Waals surface area contributed by atoms with Gasteiger partial charge in [-0.3, -0.25) is 0 Å². The molecule has 3 nitrogen and oxygen atoms in total. The smallest absolute Gasteiger partial charge is 0.335 e. The van der Waals surface area contributed by atoms with Crippen molar-refractivity contribution in [2.75, 3.05) is 0 Å². The van der Waals surface area contributed by atoms with Crippen molar-refractivity contribution in [2.24, 2.45) is 0 Å². The first-order chi connectivity index (χ1) is 6.58. The van der Waals surface area contributed by atoms with E-state index in [2.05, 4.69) is 20.9 Å². The van der Waals surface area contributed by atoms with E-state index in [-0.39, 0.29) is 11.1 Å². The maximum Gasteiger partial charge on any atom is 0.335 e. The second kappa shape index (κ2) is 3.29. The molecule has 0 spiro atoms. The van der Waals surface area contributed by atoms with Crippen LogP contribution in [0.15, 0.2) is 16.0 Å². The van der Waals surface area contributed by atoms with Crippen molar-refractivity contribution in [3.8, 4) is 0 Å². The third-order valence-corrected chi connectivity index (χ3v) is 3.12. The zero-order chi connectivity index (χ0) is 10.3. The average Bonchev–Trinajstić information content (AvgIpc) is 2.45. The number of carboxylic acid groups (broad SMARTS) is 1. The van der Waals surface area contributed by atoms with Crippen LogP contribution in [0.4, 0.5) is 4.39 Å². The van der Waals surface area contributed by atoms with Crippen LogP contribution in [-0.2, 0) is 0 Å². The molecule has 0 aliphatic rings. The van der Waals surface area contributed by atoms with Gasteiger partial charge in [0.15, 0.2) is 9.73 Å². The number of benzene rings is 1. The Labute approximate surface area is 90.3 Å². The summed E-state index contributed by atoms with van der Waals surface area (Å²) in [5.74, 6) is -1.75. The second-order valence-corrected chi connectivity index (χ2v) is 4.88. The third-order valence-electron chi connectivity index (χ3n) is 1.67. The number of aromatic carboxylic acids is 1. The lowest BCUT2D eigenvalue weighted by molar-refractivity contribution is 0.0696. The molecule has 0 radical (unpaired) electrons. The van der Waals surface area contributed by atoms with Gasteiger partial charge in [-0.1, -0.05) is 0 Å². The Kier molecular flexibility index (Phi) is 2.24. The zero-order valence-electron chi connectivity index (χ0n) is 6.62. The fourth-order valence-electron chi connectivity index (χ4n) is 1.09. The summed E-state index contributed by atoms with van der Waals surface area (Å²) in [5, 5.41) is 8.68. The molecule has 1 aromatic carbocycles. The molecule has 1 aromatic heterocycles. The zero-order valence-corrected chi connectivity index (χ0v) is 9.02. The second-order valence-electron chi connectivity index (χ2n) is 2.58. The first kappa shape index (κ1) is 9.54. The highest BCUT2D eigenvalue weighted by atomic mass is 79.9. The summed E-state index contributed by atoms with van der Waals surface area (Å²) in [7, 11) is 0. The quantitative estimate of drug-likeness (QED) is 0.871. The van der Waals surface area contributed by atoms with E-state index in [0.29, 0.717) is 8.62 Å². The van der Waals surface area contributed by atoms with E-state index in [0.717, 1.165) is 6.07 Å². The number of rotatable bonds is 1. The summed E-state index contributed by atoms with van der Waals surface area (Å²) < 4.78 is 14.3. The normalized spacial score (nSPS) is 10.7. The number of hydrogen-bond donors (Lipinski definition) is 1. The van der Waals surface area contributed by atoms with Crippen LogP contribution in [0.25, 0.3) is 10.2 Å². The van der Waals surface area contributed by atoms with Crippen LogP contribution in [0.5, 0.6) is 0 Å². The van der Waals surface area contributed by atoms with Crippen molar-refractivity contribution >= 4 is 43.5 Å². The highest BCUT2D eigenvalue weighted by molar-refractivity contribution is 9.11. The number of thiazole rings is 1. The van der Waals surface area contributed by atoms with Gasteiger partial charge in [-0.25, -0.2) is 14.2 Å². The van der Waals surface area contributed by atoms with Crippen LogP contribution >= 0.6 is 27.3 Å². The van der Waals surface area contributed by atoms with E-state index >= 15 is 0 Å². The van der Waals surface area contributed by atoms with Crippen LogP contribution < -0.4 is 0 Å². The van der Waals surface area contributed by atoms with Crippen molar-refractivity contribution in [2.45, 2.75) is 0 Å². The lowest BCUT2D eigenvalue weighted by Crippen LogP contribution is -1.96. The number of carbonyl (C=O) groups is 1. The Hall–Kier alpha value is -1.01. The van der Waals surface area contributed by atoms with Gasteiger partial charge in [-0.15, -0.1) is 11.3 Å². The van der Waals surface area contributed by atoms with Gasteiger partial charge in [0.1, 0.15) is 5.52 Å². The molecular formula is C8H3BrFNO2S. The summed E-state index contributed by atoms with van der Waals surface area (Å²) in [6.07, 6.45) is 0. The van der Waals surface area contributed by atoms with Crippen LogP contribution in [0.2, 0.25) is 0 Å². The fourth-order valence-corrected chi connectivity index (χ4v) is 2.53. The monoisotopic (exact) mass is 275 g/mol. The van der Waals surface area contributed by atoms with E-state index in [9.17, 15) is 9.18 Å². The number of fused-ring (bicyclic) bond motifs is 1. The minimum atomic E-state index is -1.14. The Balaban J connectivity index is 2.77. The first-order valence-electron chi connectivity index (χ1n) is 3.57. The van der Waals surface area contributed by atoms with E-state index in [1.807, 2.05) is 0 Å². The van der Waals surface area contributed by atoms with Crippen molar-refractivity contribution < 1.29 is 14.3 Å². The molecular weight excluding hydrogens is 273 g/mol. The molecule has 0 saturated heterocycles. The van der Waals surface area contributed by atoms with Crippen LogP contribution in [0.1, 0.15) is 10.4 Å². The molecule has 1 N–H and O–H groups in total. The molecule has 0 unspecified atom stereocenters. The fraction of sp³-hybridized carbons (Fsp3) is 0. The standard InChI is InChI=1S/C8H3BrFNO2S/c9-8-11-6-4(10)1-3(7(12)13)2-5(6)14-8/h1-2H,(H,12,13). The maximum atomic E-state index is 13.3. The summed E-state index contributed by atoms with van der Waals surface area (Å²) in [4.78, 5) is 14.5. The molecule has 0 amide bonds. The number of hydrogen-bond acceptors (Lipinski definition) is 3. The minimum absolute atomic E-state index is 0.0637. The van der Waals surface area contributed by atoms with Gasteiger partial charge in [0.05, 0.1) is 10.3 Å². The number of aromatic nitrogens is 1. The number of halogens is 2. The number of carboxylic acids is 1. The number of nitrogens with zero attached hydrogens (tertiary/aromatic N) is 1. The molecule has 0 aliphatic carbocycles. The van der Waals surface area contributed by atoms with Crippen LogP contribution in [0.3, 0.4) is 0 Å². The molecule has 0 saturated carbocycles. The van der Waals surface area contributed by atoms with E-state index < -0.39 is 11.8 Å². The molecule has 0 bridgehead atoms. The SMILES string of the molecule is O=C(O)c1cc(F)c2nc(Br)sc2c1. The summed E-state index contributed by atoms with van der Waals surface area (Å²) in [6, 6.07) is 2.38. The maximum absolute atomic E-state index is 13.3. The van der Waals surface area contributed by atoms with E-state index in [1.54, 1.807) is 0 Å². The summed E-state index contributed by atoms with van der Waals surface area (Å²) in [5.41, 5.74) is 0.137. The lowest BCUT2D eigenvalue weighted by atomic mass is 10.2. The Morgan fingerprint density at radius 2 is 2.29 bits per heavy atom. The molecule has 0 fully saturated rings. The largest absolute Gasteiger partial charge is 0.478 e. The Morgan fingerprint density at radius 1 is 1.57 bits per heavy atom. The highest BCUT2D eigenvalue weighted by Gasteiger charge is 2.12. The van der Waals surface area contributed by atoms with Crippen molar-refractivity contribution in [1.82, 2.24) is 4.98 Å². The van der Waals surface area contributed by atoms with Gasteiger partial charge in [0.25, 0.3) is 0 Å². The molecule has 6 heteroatoms. The summed E-state index contributed by atoms with van der Waals surface area (Å²) >= 11 is 4.31. The summed E-state index contributed by atoms with van der Waals surface area (Å²) in [6.45, 7) is 0. The molecule has 14 heavy (non-hydrogen) atoms. The molecule has 2 aromatic rings. The van der Waals surface area contributed by atoms with Gasteiger partial charge < -0.3 is 5.11 Å². The van der Waals surface area contributed by atoms with Crippen LogP contribution in [-0.4, -0.2) is 16.1 Å². The van der Waals surface area contributed by atoms with Gasteiger partial charge in [-0.05, 0) is 28.1 Å². The van der Waals surface area contributed by atoms with E-state index in [4.69, 9.17) is 5.11 Å². The Bertz CT molecular complexity index is 525. The molecule has 0 atom stereocenters.